The molecule has 1 N–H and O–H groups in total. The molecule has 0 aliphatic heterocycles. The first kappa shape index (κ1) is 20.5. The van der Waals surface area contributed by atoms with Crippen LogP contribution >= 0.6 is 27.5 Å². The van der Waals surface area contributed by atoms with Gasteiger partial charge in [0.2, 0.25) is 0 Å². The number of halogens is 2. The molecule has 1 saturated carbocycles. The Morgan fingerprint density at radius 1 is 1.04 bits per heavy atom. The molecular weight excluding hydrogens is 426 g/mol. The van der Waals surface area contributed by atoms with Crippen LogP contribution in [0.4, 0.5) is 0 Å². The van der Waals surface area contributed by atoms with Gasteiger partial charge in [0.15, 0.2) is 11.5 Å². The maximum absolute atomic E-state index is 6.22. The topological polar surface area (TPSA) is 30.5 Å². The molecular formula is C22H27BrClNO2. The monoisotopic (exact) mass is 451 g/mol. The van der Waals surface area contributed by atoms with Gasteiger partial charge in [0.25, 0.3) is 0 Å². The largest absolute Gasteiger partial charge is 0.493 e. The molecule has 1 fully saturated rings. The molecule has 0 atom stereocenters. The van der Waals surface area contributed by atoms with Gasteiger partial charge in [-0.3, -0.25) is 0 Å². The van der Waals surface area contributed by atoms with E-state index in [2.05, 4.69) is 27.3 Å². The van der Waals surface area contributed by atoms with Crippen molar-refractivity contribution in [2.24, 2.45) is 0 Å². The molecule has 0 heterocycles. The van der Waals surface area contributed by atoms with E-state index in [1.807, 2.05) is 30.3 Å². The van der Waals surface area contributed by atoms with E-state index in [0.717, 1.165) is 22.3 Å². The van der Waals surface area contributed by atoms with Crippen LogP contribution in [0.1, 0.15) is 49.7 Å². The van der Waals surface area contributed by atoms with E-state index in [9.17, 15) is 0 Å². The smallest absolute Gasteiger partial charge is 0.162 e. The average Bonchev–Trinajstić information content (AvgIpc) is 2.95. The zero-order chi connectivity index (χ0) is 19.1. The van der Waals surface area contributed by atoms with Crippen molar-refractivity contribution in [3.8, 4) is 11.5 Å². The molecule has 5 heteroatoms. The molecule has 1 aliphatic rings. The molecule has 0 amide bonds. The molecule has 3 rings (SSSR count). The molecule has 146 valence electrons. The van der Waals surface area contributed by atoms with Gasteiger partial charge in [-0.1, -0.05) is 71.4 Å². The van der Waals surface area contributed by atoms with Crippen molar-refractivity contribution >= 4 is 27.5 Å². The van der Waals surface area contributed by atoms with Gasteiger partial charge in [0.05, 0.1) is 7.11 Å². The molecule has 0 unspecified atom stereocenters. The summed E-state index contributed by atoms with van der Waals surface area (Å²) in [5.74, 6) is 1.45. The highest BCUT2D eigenvalue weighted by atomic mass is 79.9. The maximum Gasteiger partial charge on any atom is 0.162 e. The standard InChI is InChI=1S/C22H27BrClNO2/c1-26-21-12-17(14-25-18-9-4-2-3-5-10-18)19(23)13-22(21)27-15-16-8-6-7-11-20(16)24/h6-8,11-13,18,25H,2-5,9-10,14-15H2,1H3. The van der Waals surface area contributed by atoms with E-state index in [1.54, 1.807) is 7.11 Å². The molecule has 2 aromatic carbocycles. The molecule has 0 aromatic heterocycles. The van der Waals surface area contributed by atoms with Crippen LogP contribution in [-0.4, -0.2) is 13.2 Å². The van der Waals surface area contributed by atoms with Crippen molar-refractivity contribution in [2.45, 2.75) is 57.7 Å². The average molecular weight is 453 g/mol. The second-order valence-electron chi connectivity index (χ2n) is 7.04. The van der Waals surface area contributed by atoms with Crippen LogP contribution < -0.4 is 14.8 Å². The van der Waals surface area contributed by atoms with Crippen molar-refractivity contribution in [2.75, 3.05) is 7.11 Å². The third-order valence-electron chi connectivity index (χ3n) is 5.11. The van der Waals surface area contributed by atoms with Crippen molar-refractivity contribution in [1.29, 1.82) is 0 Å². The molecule has 1 aliphatic carbocycles. The number of rotatable bonds is 7. The van der Waals surface area contributed by atoms with Crippen molar-refractivity contribution in [3.63, 3.8) is 0 Å². The van der Waals surface area contributed by atoms with Crippen LogP contribution in [-0.2, 0) is 13.2 Å². The summed E-state index contributed by atoms with van der Waals surface area (Å²) in [6.07, 6.45) is 7.94. The third-order valence-corrected chi connectivity index (χ3v) is 6.22. The van der Waals surface area contributed by atoms with E-state index in [-0.39, 0.29) is 0 Å². The van der Waals surface area contributed by atoms with Crippen molar-refractivity contribution in [3.05, 3.63) is 57.0 Å². The Morgan fingerprint density at radius 3 is 2.48 bits per heavy atom. The van der Waals surface area contributed by atoms with Gasteiger partial charge in [0, 0.05) is 27.6 Å². The normalized spacial score (nSPS) is 15.4. The van der Waals surface area contributed by atoms with Gasteiger partial charge >= 0.3 is 0 Å². The van der Waals surface area contributed by atoms with Gasteiger partial charge in [-0.25, -0.2) is 0 Å². The van der Waals surface area contributed by atoms with Crippen molar-refractivity contribution < 1.29 is 9.47 Å². The van der Waals surface area contributed by atoms with Gasteiger partial charge in [-0.05, 0) is 36.6 Å². The van der Waals surface area contributed by atoms with E-state index < -0.39 is 0 Å². The Hall–Kier alpha value is -1.23. The first-order chi connectivity index (χ1) is 13.2. The molecule has 0 radical (unpaired) electrons. The van der Waals surface area contributed by atoms with E-state index in [4.69, 9.17) is 21.1 Å². The van der Waals surface area contributed by atoms with Crippen LogP contribution in [0.15, 0.2) is 40.9 Å². The number of methoxy groups -OCH3 is 1. The van der Waals surface area contributed by atoms with Crippen LogP contribution in [0, 0.1) is 0 Å². The minimum atomic E-state index is 0.405. The number of benzene rings is 2. The summed E-state index contributed by atoms with van der Waals surface area (Å²) in [4.78, 5) is 0. The summed E-state index contributed by atoms with van der Waals surface area (Å²) in [7, 11) is 1.67. The van der Waals surface area contributed by atoms with Crippen LogP contribution in [0.2, 0.25) is 5.02 Å². The predicted octanol–water partition coefficient (Wildman–Crippen LogP) is 6.50. The third kappa shape index (κ3) is 5.87. The zero-order valence-corrected chi connectivity index (χ0v) is 18.1. The fourth-order valence-corrected chi connectivity index (χ4v) is 4.15. The fraction of sp³-hybridized carbons (Fsp3) is 0.455. The summed E-state index contributed by atoms with van der Waals surface area (Å²) < 4.78 is 12.6. The lowest BCUT2D eigenvalue weighted by Gasteiger charge is -2.18. The highest BCUT2D eigenvalue weighted by Gasteiger charge is 2.15. The van der Waals surface area contributed by atoms with Crippen LogP contribution in [0.3, 0.4) is 0 Å². The predicted molar refractivity (Wildman–Crippen MR) is 115 cm³/mol. The van der Waals surface area contributed by atoms with E-state index in [1.165, 1.54) is 44.1 Å². The number of nitrogens with one attached hydrogen (secondary N) is 1. The minimum absolute atomic E-state index is 0.405. The molecule has 0 spiro atoms. The Balaban J connectivity index is 1.66. The molecule has 27 heavy (non-hydrogen) atoms. The summed E-state index contributed by atoms with van der Waals surface area (Å²) in [5.41, 5.74) is 2.14. The Kier molecular flexibility index (Phi) is 7.86. The quantitative estimate of drug-likeness (QED) is 0.486. The molecule has 2 aromatic rings. The number of ether oxygens (including phenoxy) is 2. The first-order valence-corrected chi connectivity index (χ1v) is 10.8. The van der Waals surface area contributed by atoms with Crippen molar-refractivity contribution in [1.82, 2.24) is 5.32 Å². The Morgan fingerprint density at radius 2 is 1.78 bits per heavy atom. The summed E-state index contributed by atoms with van der Waals surface area (Å²) in [6, 6.07) is 12.4. The second-order valence-corrected chi connectivity index (χ2v) is 8.31. The molecule has 0 bridgehead atoms. The molecule has 3 nitrogen and oxygen atoms in total. The molecule has 0 saturated heterocycles. The van der Waals surface area contributed by atoms with Gasteiger partial charge < -0.3 is 14.8 Å². The lowest BCUT2D eigenvalue weighted by atomic mass is 10.1. The van der Waals surface area contributed by atoms with Gasteiger partial charge in [-0.2, -0.15) is 0 Å². The summed E-state index contributed by atoms with van der Waals surface area (Å²) in [6.45, 7) is 1.23. The minimum Gasteiger partial charge on any atom is -0.493 e. The van der Waals surface area contributed by atoms with Crippen LogP contribution in [0.5, 0.6) is 11.5 Å². The SMILES string of the molecule is COc1cc(CNC2CCCCCC2)c(Br)cc1OCc1ccccc1Cl. The Bertz CT molecular complexity index is 745. The summed E-state index contributed by atoms with van der Waals surface area (Å²) in [5, 5.41) is 4.42. The lowest BCUT2D eigenvalue weighted by Crippen LogP contribution is -2.28. The fourth-order valence-electron chi connectivity index (χ4n) is 3.49. The Labute approximate surface area is 175 Å². The van der Waals surface area contributed by atoms with Gasteiger partial charge in [-0.15, -0.1) is 0 Å². The highest BCUT2D eigenvalue weighted by Crippen LogP contribution is 2.34. The number of hydrogen-bond acceptors (Lipinski definition) is 3. The van der Waals surface area contributed by atoms with Crippen LogP contribution in [0.25, 0.3) is 0 Å². The van der Waals surface area contributed by atoms with Gasteiger partial charge in [0.1, 0.15) is 6.61 Å². The number of hydrogen-bond donors (Lipinski definition) is 1. The second kappa shape index (κ2) is 10.4. The summed E-state index contributed by atoms with van der Waals surface area (Å²) >= 11 is 9.91. The van der Waals surface area contributed by atoms with E-state index >= 15 is 0 Å². The van der Waals surface area contributed by atoms with E-state index in [0.29, 0.717) is 23.4 Å². The maximum atomic E-state index is 6.22. The highest BCUT2D eigenvalue weighted by molar-refractivity contribution is 9.10. The first-order valence-electron chi connectivity index (χ1n) is 9.63. The zero-order valence-electron chi connectivity index (χ0n) is 15.8. The lowest BCUT2D eigenvalue weighted by molar-refractivity contribution is 0.284.